The van der Waals surface area contributed by atoms with Crippen LogP contribution >= 0.6 is 0 Å². The van der Waals surface area contributed by atoms with Crippen molar-refractivity contribution in [3.8, 4) is 0 Å². The highest BCUT2D eigenvalue weighted by atomic mass is 16.5. The number of carbonyl (C=O) groups is 2. The number of hydrogen-bond donors (Lipinski definition) is 2. The zero-order valence-electron chi connectivity index (χ0n) is 8.14. The van der Waals surface area contributed by atoms with Gasteiger partial charge in [0.2, 0.25) is 5.78 Å². The Bertz CT molecular complexity index is 250. The average Bonchev–Trinajstić information content (AvgIpc) is 2.45. The molecule has 0 aromatic heterocycles. The maximum Gasteiger partial charge on any atom is 0.203 e. The van der Waals surface area contributed by atoms with Crippen LogP contribution in [0, 0.1) is 5.92 Å². The van der Waals surface area contributed by atoms with Gasteiger partial charge in [0.25, 0.3) is 0 Å². The van der Waals surface area contributed by atoms with Gasteiger partial charge in [-0.1, -0.05) is 6.92 Å². The molecule has 14 heavy (non-hydrogen) atoms. The van der Waals surface area contributed by atoms with E-state index in [4.69, 9.17) is 9.84 Å². The second-order valence-electron chi connectivity index (χ2n) is 3.57. The number of carbonyl (C=O) groups excluding carboxylic acids is 2. The molecular formula is C9H14O5. The molecule has 0 radical (unpaired) electrons. The number of ketones is 2. The predicted octanol–water partition coefficient (Wildman–Crippen LogP) is -1.10. The maximum absolute atomic E-state index is 11.3. The van der Waals surface area contributed by atoms with Gasteiger partial charge in [-0.15, -0.1) is 0 Å². The van der Waals surface area contributed by atoms with Crippen molar-refractivity contribution in [3.63, 3.8) is 0 Å². The molecule has 80 valence electrons. The van der Waals surface area contributed by atoms with Gasteiger partial charge < -0.3 is 14.9 Å². The smallest absolute Gasteiger partial charge is 0.203 e. The molecule has 2 N–H and O–H groups in total. The molecule has 0 aromatic rings. The molecule has 0 saturated carbocycles. The first kappa shape index (κ1) is 11.3. The molecule has 5 heteroatoms. The van der Waals surface area contributed by atoms with Crippen LogP contribution in [-0.2, 0) is 14.3 Å². The highest BCUT2D eigenvalue weighted by molar-refractivity contribution is 6.37. The zero-order chi connectivity index (χ0) is 10.9. The largest absolute Gasteiger partial charge is 0.388 e. The molecule has 0 amide bonds. The van der Waals surface area contributed by atoms with Crippen molar-refractivity contribution in [3.05, 3.63) is 0 Å². The van der Waals surface area contributed by atoms with E-state index in [-0.39, 0.29) is 6.61 Å². The van der Waals surface area contributed by atoms with Crippen LogP contribution in [0.15, 0.2) is 0 Å². The minimum absolute atomic E-state index is 0.00135. The van der Waals surface area contributed by atoms with Crippen LogP contribution in [-0.4, -0.2) is 46.7 Å². The van der Waals surface area contributed by atoms with Gasteiger partial charge in [0.15, 0.2) is 5.78 Å². The van der Waals surface area contributed by atoms with Crippen LogP contribution in [0.4, 0.5) is 0 Å². The van der Waals surface area contributed by atoms with Crippen LogP contribution in [0.3, 0.4) is 0 Å². The first-order chi connectivity index (χ1) is 6.45. The van der Waals surface area contributed by atoms with Crippen molar-refractivity contribution in [2.75, 3.05) is 6.61 Å². The second kappa shape index (κ2) is 4.16. The molecule has 1 aliphatic rings. The van der Waals surface area contributed by atoms with Crippen LogP contribution < -0.4 is 0 Å². The fourth-order valence-corrected chi connectivity index (χ4v) is 1.54. The zero-order valence-corrected chi connectivity index (χ0v) is 8.14. The van der Waals surface area contributed by atoms with Gasteiger partial charge in [0.1, 0.15) is 12.2 Å². The normalized spacial score (nSPS) is 34.1. The Morgan fingerprint density at radius 3 is 2.36 bits per heavy atom. The van der Waals surface area contributed by atoms with E-state index >= 15 is 0 Å². The molecule has 0 aliphatic carbocycles. The van der Waals surface area contributed by atoms with Crippen molar-refractivity contribution in [2.24, 2.45) is 5.92 Å². The van der Waals surface area contributed by atoms with E-state index in [1.807, 2.05) is 0 Å². The summed E-state index contributed by atoms with van der Waals surface area (Å²) in [4.78, 5) is 22.0. The summed E-state index contributed by atoms with van der Waals surface area (Å²) < 4.78 is 5.04. The SMILES string of the molecule is CC(=O)C(=O)C(C)C1OC[C@@H](O)[C@@H]1O. The Labute approximate surface area is 81.7 Å². The third kappa shape index (κ3) is 2.00. The number of hydrogen-bond acceptors (Lipinski definition) is 5. The molecule has 5 nitrogen and oxygen atoms in total. The van der Waals surface area contributed by atoms with Gasteiger partial charge in [-0.2, -0.15) is 0 Å². The Morgan fingerprint density at radius 1 is 1.43 bits per heavy atom. The topological polar surface area (TPSA) is 83.8 Å². The van der Waals surface area contributed by atoms with Gasteiger partial charge in [-0.25, -0.2) is 0 Å². The van der Waals surface area contributed by atoms with Crippen LogP contribution in [0.5, 0.6) is 0 Å². The Morgan fingerprint density at radius 2 is 2.00 bits per heavy atom. The van der Waals surface area contributed by atoms with Gasteiger partial charge >= 0.3 is 0 Å². The second-order valence-corrected chi connectivity index (χ2v) is 3.57. The fraction of sp³-hybridized carbons (Fsp3) is 0.778. The van der Waals surface area contributed by atoms with E-state index in [9.17, 15) is 14.7 Å². The maximum atomic E-state index is 11.3. The predicted molar refractivity (Wildman–Crippen MR) is 46.6 cm³/mol. The monoisotopic (exact) mass is 202 g/mol. The first-order valence-electron chi connectivity index (χ1n) is 4.47. The van der Waals surface area contributed by atoms with Crippen LogP contribution in [0.25, 0.3) is 0 Å². The summed E-state index contributed by atoms with van der Waals surface area (Å²) in [7, 11) is 0. The molecule has 1 heterocycles. The summed E-state index contributed by atoms with van der Waals surface area (Å²) in [6, 6.07) is 0. The number of aliphatic hydroxyl groups is 2. The van der Waals surface area contributed by atoms with E-state index in [1.165, 1.54) is 13.8 Å². The molecule has 1 saturated heterocycles. The minimum Gasteiger partial charge on any atom is -0.388 e. The molecule has 1 fully saturated rings. The molecule has 0 bridgehead atoms. The summed E-state index contributed by atoms with van der Waals surface area (Å²) in [5.41, 5.74) is 0. The first-order valence-corrected chi connectivity index (χ1v) is 4.47. The van der Waals surface area contributed by atoms with Crippen LogP contribution in [0.1, 0.15) is 13.8 Å². The Balaban J connectivity index is 2.66. The molecule has 1 aliphatic heterocycles. The summed E-state index contributed by atoms with van der Waals surface area (Å²) in [6.07, 6.45) is -2.84. The van der Waals surface area contributed by atoms with E-state index in [2.05, 4.69) is 0 Å². The van der Waals surface area contributed by atoms with Gasteiger partial charge in [0.05, 0.1) is 18.6 Å². The molecular weight excluding hydrogens is 188 g/mol. The molecule has 4 atom stereocenters. The number of Topliss-reactive ketones (excluding diaryl/α,β-unsaturated/α-hetero) is 2. The standard InChI is InChI=1S/C9H14O5/c1-4(7(12)5(2)10)9-8(13)6(11)3-14-9/h4,6,8-9,11,13H,3H2,1-2H3/t4?,6-,8+,9?/m1/s1. The van der Waals surface area contributed by atoms with Crippen molar-refractivity contribution in [1.29, 1.82) is 0 Å². The number of ether oxygens (including phenoxy) is 1. The van der Waals surface area contributed by atoms with E-state index < -0.39 is 35.8 Å². The lowest BCUT2D eigenvalue weighted by Crippen LogP contribution is -2.39. The Kier molecular flexibility index (Phi) is 3.36. The van der Waals surface area contributed by atoms with Crippen LogP contribution in [0.2, 0.25) is 0 Å². The van der Waals surface area contributed by atoms with Gasteiger partial charge in [0, 0.05) is 6.92 Å². The highest BCUT2D eigenvalue weighted by Gasteiger charge is 2.41. The van der Waals surface area contributed by atoms with Gasteiger partial charge in [-0.3, -0.25) is 9.59 Å². The summed E-state index contributed by atoms with van der Waals surface area (Å²) >= 11 is 0. The fourth-order valence-electron chi connectivity index (χ4n) is 1.54. The van der Waals surface area contributed by atoms with Crippen molar-refractivity contribution in [2.45, 2.75) is 32.2 Å². The molecule has 0 aromatic carbocycles. The quantitative estimate of drug-likeness (QED) is 0.568. The van der Waals surface area contributed by atoms with Crippen molar-refractivity contribution < 1.29 is 24.5 Å². The number of aliphatic hydroxyl groups excluding tert-OH is 2. The molecule has 1 rings (SSSR count). The van der Waals surface area contributed by atoms with Crippen molar-refractivity contribution >= 4 is 11.6 Å². The summed E-state index contributed by atoms with van der Waals surface area (Å²) in [6.45, 7) is 2.69. The van der Waals surface area contributed by atoms with Crippen molar-refractivity contribution in [1.82, 2.24) is 0 Å². The number of rotatable bonds is 3. The van der Waals surface area contributed by atoms with E-state index in [0.29, 0.717) is 0 Å². The Hall–Kier alpha value is -0.780. The summed E-state index contributed by atoms with van der Waals surface area (Å²) in [5.74, 6) is -1.85. The minimum atomic E-state index is -1.09. The highest BCUT2D eigenvalue weighted by Crippen LogP contribution is 2.22. The lowest BCUT2D eigenvalue weighted by Gasteiger charge is -2.19. The van der Waals surface area contributed by atoms with E-state index in [1.54, 1.807) is 0 Å². The lowest BCUT2D eigenvalue weighted by atomic mass is 9.93. The summed E-state index contributed by atoms with van der Waals surface area (Å²) in [5, 5.41) is 18.6. The third-order valence-corrected chi connectivity index (χ3v) is 2.44. The van der Waals surface area contributed by atoms with E-state index in [0.717, 1.165) is 0 Å². The molecule has 2 unspecified atom stereocenters. The average molecular weight is 202 g/mol. The lowest BCUT2D eigenvalue weighted by molar-refractivity contribution is -0.141. The third-order valence-electron chi connectivity index (χ3n) is 2.44. The van der Waals surface area contributed by atoms with Gasteiger partial charge in [-0.05, 0) is 0 Å². The molecule has 0 spiro atoms.